The fourth-order valence-corrected chi connectivity index (χ4v) is 4.45. The van der Waals surface area contributed by atoms with Gasteiger partial charge < -0.3 is 5.32 Å². The summed E-state index contributed by atoms with van der Waals surface area (Å²) in [5.41, 5.74) is 2.27. The summed E-state index contributed by atoms with van der Waals surface area (Å²) in [6, 6.07) is 15.8. The van der Waals surface area contributed by atoms with Crippen LogP contribution in [0, 0.1) is 11.8 Å². The highest BCUT2D eigenvalue weighted by Crippen LogP contribution is 2.45. The lowest BCUT2D eigenvalue weighted by molar-refractivity contribution is -0.135. The summed E-state index contributed by atoms with van der Waals surface area (Å²) < 4.78 is 0. The second-order valence-corrected chi connectivity index (χ2v) is 7.64. The van der Waals surface area contributed by atoms with E-state index >= 15 is 0 Å². The molecule has 0 aromatic heterocycles. The predicted molar refractivity (Wildman–Crippen MR) is 97.4 cm³/mol. The molecule has 1 saturated carbocycles. The van der Waals surface area contributed by atoms with E-state index in [0.717, 1.165) is 40.4 Å². The molecule has 4 heteroatoms. The number of hydrogen-bond donors (Lipinski definition) is 1. The van der Waals surface area contributed by atoms with Crippen LogP contribution in [0.5, 0.6) is 0 Å². The summed E-state index contributed by atoms with van der Waals surface area (Å²) in [6.07, 6.45) is 3.03. The van der Waals surface area contributed by atoms with Crippen molar-refractivity contribution in [2.45, 2.75) is 31.3 Å². The van der Waals surface area contributed by atoms with Crippen molar-refractivity contribution in [3.05, 3.63) is 69.7 Å². The second kappa shape index (κ2) is 6.51. The van der Waals surface area contributed by atoms with Crippen molar-refractivity contribution in [1.82, 2.24) is 5.32 Å². The summed E-state index contributed by atoms with van der Waals surface area (Å²) in [6.45, 7) is 0. The summed E-state index contributed by atoms with van der Waals surface area (Å²) in [5, 5.41) is 5.19. The van der Waals surface area contributed by atoms with E-state index < -0.39 is 0 Å². The van der Waals surface area contributed by atoms with Crippen molar-refractivity contribution in [1.29, 1.82) is 0 Å². The summed E-state index contributed by atoms with van der Waals surface area (Å²) in [7, 11) is 0. The van der Waals surface area contributed by atoms with E-state index in [1.807, 2.05) is 48.5 Å². The Balaban J connectivity index is 1.71. The third kappa shape index (κ3) is 2.88. The molecule has 4 atom stereocenters. The Hall–Kier alpha value is -1.35. The van der Waals surface area contributed by atoms with Gasteiger partial charge in [-0.15, -0.1) is 0 Å². The minimum atomic E-state index is 0.0481. The summed E-state index contributed by atoms with van der Waals surface area (Å²) in [4.78, 5) is 13.0. The van der Waals surface area contributed by atoms with Crippen LogP contribution in [0.1, 0.15) is 42.5 Å². The largest absolute Gasteiger partial charge is 0.302 e. The topological polar surface area (TPSA) is 29.1 Å². The highest BCUT2D eigenvalue weighted by atomic mass is 35.5. The molecule has 124 valence electrons. The summed E-state index contributed by atoms with van der Waals surface area (Å²) >= 11 is 12.0. The number of fused-ring (bicyclic) bond motifs is 2. The second-order valence-electron chi connectivity index (χ2n) is 6.77. The maximum atomic E-state index is 13.0. The van der Waals surface area contributed by atoms with Gasteiger partial charge in [-0.25, -0.2) is 0 Å². The lowest BCUT2D eigenvalue weighted by atomic mass is 9.67. The molecule has 2 aromatic rings. The third-order valence-electron chi connectivity index (χ3n) is 5.38. The number of halogens is 2. The predicted octanol–water partition coefficient (Wildman–Crippen LogP) is 5.36. The Morgan fingerprint density at radius 2 is 1.17 bits per heavy atom. The van der Waals surface area contributed by atoms with Crippen LogP contribution in [0.3, 0.4) is 0 Å². The van der Waals surface area contributed by atoms with Gasteiger partial charge in [-0.2, -0.15) is 0 Å². The van der Waals surface area contributed by atoms with Crippen molar-refractivity contribution in [2.75, 3.05) is 0 Å². The number of Topliss-reactive ketones (excluding diaryl/α,β-unsaturated/α-hetero) is 1. The van der Waals surface area contributed by atoms with Crippen LogP contribution in [0.4, 0.5) is 0 Å². The highest BCUT2D eigenvalue weighted by molar-refractivity contribution is 6.30. The summed E-state index contributed by atoms with van der Waals surface area (Å²) in [5.74, 6) is 0.529. The van der Waals surface area contributed by atoms with Crippen LogP contribution in [0.25, 0.3) is 0 Å². The van der Waals surface area contributed by atoms with E-state index in [0.29, 0.717) is 5.78 Å². The molecule has 1 N–H and O–H groups in total. The first-order valence-electron chi connectivity index (χ1n) is 8.44. The van der Waals surface area contributed by atoms with Crippen LogP contribution < -0.4 is 5.32 Å². The minimum absolute atomic E-state index is 0.0481. The molecule has 2 bridgehead atoms. The molecule has 24 heavy (non-hydrogen) atoms. The van der Waals surface area contributed by atoms with E-state index in [2.05, 4.69) is 5.32 Å². The number of nitrogens with one attached hydrogen (secondary N) is 1. The van der Waals surface area contributed by atoms with Crippen molar-refractivity contribution in [2.24, 2.45) is 11.8 Å². The van der Waals surface area contributed by atoms with Crippen LogP contribution in [0.15, 0.2) is 48.5 Å². The third-order valence-corrected chi connectivity index (χ3v) is 5.89. The number of ketones is 1. The molecule has 2 nitrogen and oxygen atoms in total. The van der Waals surface area contributed by atoms with Gasteiger partial charge in [-0.1, -0.05) is 53.9 Å². The standard InChI is InChI=1S/C20H19Cl2NO/c21-14-8-4-12(5-9-14)18-16-2-1-3-17(20(16)24)19(23-18)13-6-10-15(22)11-7-13/h4-11,16-19,23H,1-3H2/t16-,17+,18+,19-. The van der Waals surface area contributed by atoms with E-state index in [1.54, 1.807) is 0 Å². The maximum Gasteiger partial charge on any atom is 0.142 e. The Kier molecular flexibility index (Phi) is 4.38. The van der Waals surface area contributed by atoms with Crippen molar-refractivity contribution >= 4 is 29.0 Å². The van der Waals surface area contributed by atoms with Crippen molar-refractivity contribution in [3.8, 4) is 0 Å². The van der Waals surface area contributed by atoms with Gasteiger partial charge >= 0.3 is 0 Å². The molecule has 0 spiro atoms. The normalized spacial score (nSPS) is 29.5. The average molecular weight is 360 g/mol. The minimum Gasteiger partial charge on any atom is -0.302 e. The van der Waals surface area contributed by atoms with Gasteiger partial charge in [0.2, 0.25) is 0 Å². The SMILES string of the molecule is O=C1[C@H]2CCC[C@@H]1[C@H](c1ccc(Cl)cc1)N[C@@H]2c1ccc(Cl)cc1. The smallest absolute Gasteiger partial charge is 0.142 e. The molecule has 2 aromatic carbocycles. The molecule has 1 saturated heterocycles. The molecule has 1 aliphatic carbocycles. The lowest BCUT2D eigenvalue weighted by Crippen LogP contribution is -2.50. The van der Waals surface area contributed by atoms with Gasteiger partial charge in [0.15, 0.2) is 0 Å². The van der Waals surface area contributed by atoms with Gasteiger partial charge in [0.1, 0.15) is 5.78 Å². The Labute approximate surface area is 152 Å². The van der Waals surface area contributed by atoms with E-state index in [4.69, 9.17) is 23.2 Å². The lowest BCUT2D eigenvalue weighted by Gasteiger charge is -2.45. The van der Waals surface area contributed by atoms with Gasteiger partial charge in [0, 0.05) is 34.0 Å². The number of hydrogen-bond acceptors (Lipinski definition) is 2. The van der Waals surface area contributed by atoms with Gasteiger partial charge in [-0.3, -0.25) is 4.79 Å². The Bertz CT molecular complexity index is 680. The number of carbonyl (C=O) groups excluding carboxylic acids is 1. The number of rotatable bonds is 2. The zero-order valence-corrected chi connectivity index (χ0v) is 14.7. The molecule has 4 rings (SSSR count). The van der Waals surface area contributed by atoms with E-state index in [9.17, 15) is 4.79 Å². The monoisotopic (exact) mass is 359 g/mol. The van der Waals surface area contributed by atoms with Gasteiger partial charge in [-0.05, 0) is 48.2 Å². The molecule has 1 heterocycles. The van der Waals surface area contributed by atoms with Crippen LogP contribution in [-0.4, -0.2) is 5.78 Å². The first-order chi connectivity index (χ1) is 11.6. The number of benzene rings is 2. The molecular formula is C20H19Cl2NO. The molecular weight excluding hydrogens is 341 g/mol. The Morgan fingerprint density at radius 1 is 0.750 bits per heavy atom. The zero-order chi connectivity index (χ0) is 16.7. The number of carbonyl (C=O) groups is 1. The van der Waals surface area contributed by atoms with Crippen LogP contribution >= 0.6 is 23.2 Å². The molecule has 0 radical (unpaired) electrons. The van der Waals surface area contributed by atoms with E-state index in [1.165, 1.54) is 0 Å². The van der Waals surface area contributed by atoms with Gasteiger partial charge in [0.25, 0.3) is 0 Å². The zero-order valence-electron chi connectivity index (χ0n) is 13.2. The quantitative estimate of drug-likeness (QED) is 0.781. The van der Waals surface area contributed by atoms with Crippen molar-refractivity contribution in [3.63, 3.8) is 0 Å². The van der Waals surface area contributed by atoms with Crippen molar-refractivity contribution < 1.29 is 4.79 Å². The van der Waals surface area contributed by atoms with Gasteiger partial charge in [0.05, 0.1) is 0 Å². The molecule has 0 amide bonds. The first kappa shape index (κ1) is 16.1. The fraction of sp³-hybridized carbons (Fsp3) is 0.350. The molecule has 2 aliphatic rings. The number of piperidine rings is 1. The van der Waals surface area contributed by atoms with Crippen LogP contribution in [0.2, 0.25) is 10.0 Å². The molecule has 0 unspecified atom stereocenters. The highest BCUT2D eigenvalue weighted by Gasteiger charge is 2.46. The van der Waals surface area contributed by atoms with E-state index in [-0.39, 0.29) is 23.9 Å². The fourth-order valence-electron chi connectivity index (χ4n) is 4.20. The first-order valence-corrected chi connectivity index (χ1v) is 9.20. The molecule has 1 aliphatic heterocycles. The average Bonchev–Trinajstić information content (AvgIpc) is 2.57. The Morgan fingerprint density at radius 3 is 1.58 bits per heavy atom. The van der Waals surface area contributed by atoms with Crippen LogP contribution in [-0.2, 0) is 4.79 Å². The molecule has 2 fully saturated rings. The maximum absolute atomic E-state index is 13.0.